The van der Waals surface area contributed by atoms with Crippen LogP contribution in [-0.4, -0.2) is 29.7 Å². The standard InChI is InChI=1S/C15H11ClF4N2O5S/c1-6(13(24)25)28(27)10-4-9(8(17)3-7(10)16)22-12(23)5-11(15(18,19)20)21(2)14(22)26/h3-6H,1-2H3,(H,24,25). The summed E-state index contributed by atoms with van der Waals surface area (Å²) >= 11 is 5.78. The Balaban J connectivity index is 2.80. The van der Waals surface area contributed by atoms with E-state index in [-0.39, 0.29) is 15.2 Å². The molecule has 0 aliphatic carbocycles. The average Bonchev–Trinajstić information content (AvgIpc) is 2.57. The van der Waals surface area contributed by atoms with Crippen molar-refractivity contribution in [1.29, 1.82) is 0 Å². The zero-order chi connectivity index (χ0) is 21.5. The predicted octanol–water partition coefficient (Wildman–Crippen LogP) is 1.93. The first kappa shape index (κ1) is 21.8. The third-order valence-corrected chi connectivity index (χ3v) is 5.78. The lowest BCUT2D eigenvalue weighted by molar-refractivity contribution is -0.144. The number of benzene rings is 1. The molecule has 13 heteroatoms. The van der Waals surface area contributed by atoms with E-state index in [4.69, 9.17) is 16.7 Å². The van der Waals surface area contributed by atoms with Crippen molar-refractivity contribution in [2.24, 2.45) is 7.05 Å². The van der Waals surface area contributed by atoms with Crippen molar-refractivity contribution in [3.05, 3.63) is 55.6 Å². The van der Waals surface area contributed by atoms with Gasteiger partial charge in [-0.25, -0.2) is 13.8 Å². The Hall–Kier alpha value is -2.47. The minimum atomic E-state index is -5.01. The number of nitrogens with zero attached hydrogens (tertiary/aromatic N) is 2. The first-order valence-corrected chi connectivity index (χ1v) is 8.89. The van der Waals surface area contributed by atoms with Crippen LogP contribution >= 0.6 is 11.6 Å². The van der Waals surface area contributed by atoms with E-state index in [1.807, 2.05) is 0 Å². The number of aromatic nitrogens is 2. The highest BCUT2D eigenvalue weighted by atomic mass is 35.5. The fraction of sp³-hybridized carbons (Fsp3) is 0.267. The van der Waals surface area contributed by atoms with Crippen LogP contribution in [0.3, 0.4) is 0 Å². The Morgan fingerprint density at radius 3 is 2.32 bits per heavy atom. The average molecular weight is 443 g/mol. The molecule has 0 fully saturated rings. The van der Waals surface area contributed by atoms with E-state index in [0.29, 0.717) is 12.1 Å². The summed E-state index contributed by atoms with van der Waals surface area (Å²) in [7, 11) is -1.56. The molecule has 1 heterocycles. The topological polar surface area (TPSA) is 98.4 Å². The number of carbonyl (C=O) groups is 1. The van der Waals surface area contributed by atoms with Crippen molar-refractivity contribution in [1.82, 2.24) is 9.13 Å². The molecule has 7 nitrogen and oxygen atoms in total. The quantitative estimate of drug-likeness (QED) is 0.730. The molecule has 2 aromatic rings. The molecule has 0 radical (unpaired) electrons. The summed E-state index contributed by atoms with van der Waals surface area (Å²) < 4.78 is 65.6. The van der Waals surface area contributed by atoms with E-state index >= 15 is 0 Å². The van der Waals surface area contributed by atoms with Crippen LogP contribution in [0, 0.1) is 5.82 Å². The molecular weight excluding hydrogens is 432 g/mol. The maximum Gasteiger partial charge on any atom is 0.431 e. The molecule has 1 aromatic carbocycles. The summed E-state index contributed by atoms with van der Waals surface area (Å²) in [6.07, 6.45) is -5.01. The number of halogens is 5. The third-order valence-electron chi connectivity index (χ3n) is 3.74. The second-order valence-electron chi connectivity index (χ2n) is 5.55. The molecule has 0 bridgehead atoms. The van der Waals surface area contributed by atoms with Gasteiger partial charge in [-0.3, -0.25) is 18.4 Å². The van der Waals surface area contributed by atoms with Crippen molar-refractivity contribution in [3.63, 3.8) is 0 Å². The smallest absolute Gasteiger partial charge is 0.431 e. The number of rotatable bonds is 4. The summed E-state index contributed by atoms with van der Waals surface area (Å²) in [5.74, 6) is -2.71. The van der Waals surface area contributed by atoms with Gasteiger partial charge in [-0.05, 0) is 19.1 Å². The van der Waals surface area contributed by atoms with Gasteiger partial charge in [-0.1, -0.05) is 11.6 Å². The maximum atomic E-state index is 14.3. The van der Waals surface area contributed by atoms with Crippen molar-refractivity contribution in [2.75, 3.05) is 0 Å². The first-order valence-electron chi connectivity index (χ1n) is 7.30. The second-order valence-corrected chi connectivity index (χ2v) is 7.70. The van der Waals surface area contributed by atoms with E-state index < -0.39 is 66.6 Å². The molecule has 2 rings (SSSR count). The molecule has 2 unspecified atom stereocenters. The van der Waals surface area contributed by atoms with Crippen molar-refractivity contribution >= 4 is 28.4 Å². The number of carboxylic acids is 1. The fourth-order valence-electron chi connectivity index (χ4n) is 2.25. The molecule has 28 heavy (non-hydrogen) atoms. The van der Waals surface area contributed by atoms with Gasteiger partial charge in [-0.2, -0.15) is 13.2 Å². The Kier molecular flexibility index (Phi) is 5.85. The molecule has 0 saturated heterocycles. The minimum Gasteiger partial charge on any atom is -0.480 e. The maximum absolute atomic E-state index is 14.3. The third kappa shape index (κ3) is 3.87. The molecule has 0 aliphatic rings. The summed E-state index contributed by atoms with van der Waals surface area (Å²) in [6.45, 7) is 1.08. The van der Waals surface area contributed by atoms with Gasteiger partial charge < -0.3 is 5.11 Å². The van der Waals surface area contributed by atoms with Crippen molar-refractivity contribution in [2.45, 2.75) is 23.2 Å². The van der Waals surface area contributed by atoms with Crippen LogP contribution in [0.2, 0.25) is 5.02 Å². The molecule has 0 aliphatic heterocycles. The van der Waals surface area contributed by atoms with Gasteiger partial charge in [0.2, 0.25) is 0 Å². The zero-order valence-electron chi connectivity index (χ0n) is 14.1. The normalized spacial score (nSPS) is 14.0. The van der Waals surface area contributed by atoms with Crippen LogP contribution in [0.25, 0.3) is 5.69 Å². The molecule has 1 N–H and O–H groups in total. The highest BCUT2D eigenvalue weighted by Gasteiger charge is 2.35. The summed E-state index contributed by atoms with van der Waals surface area (Å²) in [6, 6.07) is 1.39. The lowest BCUT2D eigenvalue weighted by atomic mass is 10.3. The number of carboxylic acid groups (broad SMARTS) is 1. The monoisotopic (exact) mass is 442 g/mol. The van der Waals surface area contributed by atoms with Crippen LogP contribution in [0.15, 0.2) is 32.7 Å². The Morgan fingerprint density at radius 2 is 1.82 bits per heavy atom. The number of alkyl halides is 3. The number of hydrogen-bond donors (Lipinski definition) is 1. The van der Waals surface area contributed by atoms with Crippen LogP contribution in [0.5, 0.6) is 0 Å². The van der Waals surface area contributed by atoms with E-state index in [2.05, 4.69) is 0 Å². The number of hydrogen-bond acceptors (Lipinski definition) is 4. The van der Waals surface area contributed by atoms with E-state index in [1.165, 1.54) is 0 Å². The molecule has 0 saturated carbocycles. The largest absolute Gasteiger partial charge is 0.480 e. The van der Waals surface area contributed by atoms with Gasteiger partial charge in [0.05, 0.1) is 26.4 Å². The highest BCUT2D eigenvalue weighted by molar-refractivity contribution is 7.86. The van der Waals surface area contributed by atoms with Crippen molar-refractivity contribution < 1.29 is 31.7 Å². The van der Waals surface area contributed by atoms with E-state index in [0.717, 1.165) is 14.0 Å². The lowest BCUT2D eigenvalue weighted by Gasteiger charge is -2.15. The SMILES string of the molecule is CC(C(=O)O)S(=O)c1cc(-n2c(=O)cc(C(F)(F)F)n(C)c2=O)c(F)cc1Cl. The molecule has 0 spiro atoms. The molecule has 2 atom stereocenters. The van der Waals surface area contributed by atoms with Gasteiger partial charge >= 0.3 is 17.8 Å². The van der Waals surface area contributed by atoms with E-state index in [1.54, 1.807) is 0 Å². The van der Waals surface area contributed by atoms with Crippen LogP contribution in [0.4, 0.5) is 17.6 Å². The number of aliphatic carboxylic acids is 1. The van der Waals surface area contributed by atoms with Gasteiger partial charge in [-0.15, -0.1) is 0 Å². The highest BCUT2D eigenvalue weighted by Crippen LogP contribution is 2.29. The summed E-state index contributed by atoms with van der Waals surface area (Å²) in [5, 5.41) is 7.04. The summed E-state index contributed by atoms with van der Waals surface area (Å²) in [4.78, 5) is 35.0. The lowest BCUT2D eigenvalue weighted by Crippen LogP contribution is -2.41. The van der Waals surface area contributed by atoms with Gasteiger partial charge in [0.15, 0.2) is 0 Å². The van der Waals surface area contributed by atoms with Crippen LogP contribution in [0.1, 0.15) is 12.6 Å². The molecule has 1 aromatic heterocycles. The van der Waals surface area contributed by atoms with Crippen molar-refractivity contribution in [3.8, 4) is 5.69 Å². The van der Waals surface area contributed by atoms with Crippen LogP contribution in [-0.2, 0) is 28.8 Å². The molecule has 0 amide bonds. The zero-order valence-corrected chi connectivity index (χ0v) is 15.7. The Bertz CT molecular complexity index is 1110. The Labute approximate surface area is 161 Å². The predicted molar refractivity (Wildman–Crippen MR) is 90.8 cm³/mol. The fourth-order valence-corrected chi connectivity index (χ4v) is 3.67. The summed E-state index contributed by atoms with van der Waals surface area (Å²) in [5.41, 5.74) is -5.36. The molecule has 152 valence electrons. The first-order chi connectivity index (χ1) is 12.8. The van der Waals surface area contributed by atoms with Gasteiger partial charge in [0, 0.05) is 13.1 Å². The van der Waals surface area contributed by atoms with E-state index in [9.17, 15) is 36.2 Å². The molecular formula is C15H11ClF4N2O5S. The van der Waals surface area contributed by atoms with Crippen LogP contribution < -0.4 is 11.2 Å². The van der Waals surface area contributed by atoms with Gasteiger partial charge in [0.25, 0.3) is 5.56 Å². The second kappa shape index (κ2) is 7.51. The van der Waals surface area contributed by atoms with Gasteiger partial charge in [0.1, 0.15) is 16.8 Å². The Morgan fingerprint density at radius 1 is 1.25 bits per heavy atom. The minimum absolute atomic E-state index is 0.103.